The number of rotatable bonds is 7. The Morgan fingerprint density at radius 2 is 1.94 bits per heavy atom. The molecule has 0 aliphatic heterocycles. The summed E-state index contributed by atoms with van der Waals surface area (Å²) < 4.78 is 36.8. The Hall–Kier alpha value is -3.65. The van der Waals surface area contributed by atoms with Gasteiger partial charge in [0.25, 0.3) is 5.56 Å². The Labute approximate surface area is 198 Å². The molecule has 1 aromatic heterocycles. The van der Waals surface area contributed by atoms with Crippen molar-refractivity contribution in [1.29, 1.82) is 0 Å². The van der Waals surface area contributed by atoms with Crippen molar-refractivity contribution in [3.05, 3.63) is 82.9 Å². The highest BCUT2D eigenvalue weighted by Crippen LogP contribution is 2.42. The van der Waals surface area contributed by atoms with Crippen molar-refractivity contribution in [2.24, 2.45) is 5.92 Å². The Kier molecular flexibility index (Phi) is 6.43. The second kappa shape index (κ2) is 9.30. The highest BCUT2D eigenvalue weighted by Gasteiger charge is 2.33. The molecule has 2 aromatic carbocycles. The van der Waals surface area contributed by atoms with Crippen LogP contribution in [-0.2, 0) is 9.59 Å². The number of esters is 1. The predicted molar refractivity (Wildman–Crippen MR) is 124 cm³/mol. The van der Waals surface area contributed by atoms with Crippen LogP contribution in [0.5, 0.6) is 5.75 Å². The molecule has 0 spiro atoms. The molecule has 4 rings (SSSR count). The van der Waals surface area contributed by atoms with E-state index >= 15 is 4.39 Å². The normalized spacial score (nSPS) is 17.1. The minimum absolute atomic E-state index is 0.0555. The number of carbonyl (C=O) groups is 2. The molecular weight excluding hydrogens is 466 g/mol. The minimum Gasteiger partial charge on any atom is -0.423 e. The van der Waals surface area contributed by atoms with Crippen LogP contribution in [0.15, 0.2) is 60.7 Å². The quantitative estimate of drug-likeness (QED) is 0.262. The van der Waals surface area contributed by atoms with Crippen LogP contribution in [0.2, 0.25) is 5.02 Å². The van der Waals surface area contributed by atoms with Gasteiger partial charge < -0.3 is 4.74 Å². The van der Waals surface area contributed by atoms with Crippen LogP contribution in [0.25, 0.3) is 22.0 Å². The number of allylic oxidation sites excluding steroid dienone is 1. The van der Waals surface area contributed by atoms with E-state index in [-0.39, 0.29) is 50.5 Å². The molecule has 0 N–H and O–H groups in total. The molecule has 9 heteroatoms. The zero-order chi connectivity index (χ0) is 24.6. The van der Waals surface area contributed by atoms with E-state index < -0.39 is 23.2 Å². The molecule has 0 saturated heterocycles. The van der Waals surface area contributed by atoms with Gasteiger partial charge in [-0.3, -0.25) is 14.2 Å². The summed E-state index contributed by atoms with van der Waals surface area (Å²) in [6.45, 7) is 6.74. The Balaban J connectivity index is 1.77. The molecule has 3 aromatic rings. The van der Waals surface area contributed by atoms with Crippen molar-refractivity contribution in [1.82, 2.24) is 9.55 Å². The van der Waals surface area contributed by atoms with Gasteiger partial charge in [-0.25, -0.2) is 18.6 Å². The lowest BCUT2D eigenvalue weighted by Gasteiger charge is -2.35. The molecule has 0 bridgehead atoms. The van der Waals surface area contributed by atoms with Gasteiger partial charge in [0, 0.05) is 24.1 Å². The number of ketones is 1. The van der Waals surface area contributed by atoms with Crippen LogP contribution in [0.3, 0.4) is 0 Å². The first-order valence-corrected chi connectivity index (χ1v) is 10.8. The first kappa shape index (κ1) is 23.5. The third-order valence-electron chi connectivity index (χ3n) is 5.89. The van der Waals surface area contributed by atoms with E-state index in [9.17, 15) is 18.8 Å². The molecule has 1 fully saturated rings. The number of hydrogen-bond acceptors (Lipinski definition) is 5. The summed E-state index contributed by atoms with van der Waals surface area (Å²) in [6, 6.07) is 4.70. The lowest BCUT2D eigenvalue weighted by molar-refractivity contribution is -0.129. The molecule has 1 aliphatic carbocycles. The molecular formula is C25H19ClF2N2O4. The maximum atomic E-state index is 15.6. The average Bonchev–Trinajstić information content (AvgIpc) is 2.78. The van der Waals surface area contributed by atoms with Gasteiger partial charge in [0.05, 0.1) is 22.3 Å². The van der Waals surface area contributed by atoms with Crippen molar-refractivity contribution in [2.45, 2.75) is 25.3 Å². The Bertz CT molecular complexity index is 1410. The van der Waals surface area contributed by atoms with Crippen molar-refractivity contribution in [2.75, 3.05) is 0 Å². The number of aromatic nitrogens is 2. The van der Waals surface area contributed by atoms with E-state index in [4.69, 9.17) is 16.3 Å². The summed E-state index contributed by atoms with van der Waals surface area (Å²) in [5.74, 6) is -2.93. The van der Waals surface area contributed by atoms with E-state index in [0.29, 0.717) is 19.3 Å². The van der Waals surface area contributed by atoms with Crippen molar-refractivity contribution in [3.8, 4) is 16.9 Å². The fraction of sp³-hybridized carbons (Fsp3) is 0.200. The molecule has 1 saturated carbocycles. The first-order chi connectivity index (χ1) is 16.2. The minimum atomic E-state index is -1.02. The van der Waals surface area contributed by atoms with Gasteiger partial charge in [0.15, 0.2) is 11.6 Å². The number of ether oxygens (including phenoxy) is 1. The van der Waals surface area contributed by atoms with E-state index in [1.807, 2.05) is 0 Å². The number of fused-ring (bicyclic) bond motifs is 1. The molecule has 0 unspecified atom stereocenters. The van der Waals surface area contributed by atoms with Crippen molar-refractivity contribution in [3.63, 3.8) is 0 Å². The highest BCUT2D eigenvalue weighted by molar-refractivity contribution is 6.34. The molecule has 1 heterocycles. The van der Waals surface area contributed by atoms with Crippen LogP contribution in [-0.4, -0.2) is 21.3 Å². The van der Waals surface area contributed by atoms with Gasteiger partial charge in [-0.2, -0.15) is 0 Å². The van der Waals surface area contributed by atoms with Gasteiger partial charge in [0.2, 0.25) is 0 Å². The largest absolute Gasteiger partial charge is 0.423 e. The number of halogens is 3. The lowest BCUT2D eigenvalue weighted by Crippen LogP contribution is -2.35. The molecule has 174 valence electrons. The van der Waals surface area contributed by atoms with Crippen LogP contribution in [0.4, 0.5) is 8.78 Å². The maximum Gasteiger partial charge on any atom is 0.335 e. The van der Waals surface area contributed by atoms with Gasteiger partial charge in [0.1, 0.15) is 17.1 Å². The van der Waals surface area contributed by atoms with Gasteiger partial charge in [-0.1, -0.05) is 30.8 Å². The second-order valence-electron chi connectivity index (χ2n) is 8.00. The topological polar surface area (TPSA) is 78.3 Å². The molecule has 0 radical (unpaired) electrons. The van der Waals surface area contributed by atoms with Crippen molar-refractivity contribution < 1.29 is 23.1 Å². The Morgan fingerprint density at radius 3 is 2.62 bits per heavy atom. The zero-order valence-corrected chi connectivity index (χ0v) is 18.6. The zero-order valence-electron chi connectivity index (χ0n) is 17.9. The number of carbonyl (C=O) groups excluding carboxylic acids is 2. The van der Waals surface area contributed by atoms with Gasteiger partial charge in [-0.15, -0.1) is 0 Å². The average molecular weight is 485 g/mol. The number of benzene rings is 2. The second-order valence-corrected chi connectivity index (χ2v) is 8.41. The smallest absolute Gasteiger partial charge is 0.335 e. The van der Waals surface area contributed by atoms with Crippen LogP contribution in [0, 0.1) is 17.6 Å². The fourth-order valence-electron chi connectivity index (χ4n) is 4.14. The fourth-order valence-corrected chi connectivity index (χ4v) is 4.43. The summed E-state index contributed by atoms with van der Waals surface area (Å²) >= 11 is 6.32. The number of nitrogens with zero attached hydrogens (tertiary/aromatic N) is 2. The maximum absolute atomic E-state index is 15.6. The van der Waals surface area contributed by atoms with Gasteiger partial charge in [-0.05, 0) is 43.0 Å². The van der Waals surface area contributed by atoms with E-state index in [1.165, 1.54) is 35.2 Å². The monoisotopic (exact) mass is 484 g/mol. The molecule has 6 nitrogen and oxygen atoms in total. The summed E-state index contributed by atoms with van der Waals surface area (Å²) in [5.41, 5.74) is -1.54. The summed E-state index contributed by atoms with van der Waals surface area (Å²) in [5, 5.41) is -0.314. The standard InChI is InChI=1S/C25H19ClF2N2O4/c1-3-15(31)10-13-8-14(9-13)30-12-29-24-16(25(30)33)11-17(26)21(23(24)28)22-18(27)6-5-7-19(22)34-20(32)4-2/h3-7,11-14H,1-2,8-10H2. The molecule has 1 aliphatic rings. The molecule has 0 amide bonds. The summed E-state index contributed by atoms with van der Waals surface area (Å²) in [7, 11) is 0. The van der Waals surface area contributed by atoms with Crippen LogP contribution >= 0.6 is 11.6 Å². The third-order valence-corrected chi connectivity index (χ3v) is 6.19. The summed E-state index contributed by atoms with van der Waals surface area (Å²) in [4.78, 5) is 40.4. The SMILES string of the molecule is C=CC(=O)CC1CC(n2cnc3c(F)c(-c4c(F)cccc4OC(=O)C=C)c(Cl)cc3c2=O)C1. The third kappa shape index (κ3) is 4.17. The van der Waals surface area contributed by atoms with Crippen molar-refractivity contribution >= 4 is 34.3 Å². The highest BCUT2D eigenvalue weighted by atomic mass is 35.5. The number of hydrogen-bond donors (Lipinski definition) is 0. The molecule has 0 atom stereocenters. The predicted octanol–water partition coefficient (Wildman–Crippen LogP) is 5.18. The first-order valence-electron chi connectivity index (χ1n) is 10.4. The van der Waals surface area contributed by atoms with E-state index in [2.05, 4.69) is 18.1 Å². The van der Waals surface area contributed by atoms with E-state index in [0.717, 1.165) is 12.1 Å². The Morgan fingerprint density at radius 1 is 1.21 bits per heavy atom. The summed E-state index contributed by atoms with van der Waals surface area (Å²) in [6.07, 6.45) is 4.97. The van der Waals surface area contributed by atoms with Crippen LogP contribution in [0.1, 0.15) is 25.3 Å². The van der Waals surface area contributed by atoms with E-state index in [1.54, 1.807) is 0 Å². The lowest BCUT2D eigenvalue weighted by atomic mass is 9.77. The van der Waals surface area contributed by atoms with Crippen LogP contribution < -0.4 is 10.3 Å². The van der Waals surface area contributed by atoms with Gasteiger partial charge >= 0.3 is 5.97 Å². The molecule has 34 heavy (non-hydrogen) atoms.